The van der Waals surface area contributed by atoms with Crippen molar-refractivity contribution in [2.75, 3.05) is 0 Å². The number of aliphatic hydroxyl groups excluding tert-OH is 1. The van der Waals surface area contributed by atoms with Gasteiger partial charge < -0.3 is 15.9 Å². The molecule has 4 N–H and O–H groups in total. The minimum atomic E-state index is -1.05. The molecule has 180 valence electrons. The average Bonchev–Trinajstić information content (AvgIpc) is 2.79. The Morgan fingerprint density at radius 3 is 2.12 bits per heavy atom. The van der Waals surface area contributed by atoms with Gasteiger partial charge in [0.1, 0.15) is 0 Å². The molecule has 0 radical (unpaired) electrons. The first-order valence-corrected chi connectivity index (χ1v) is 11.7. The standard InChI is InChI=1S/C28H35N3O3/c1-28(2,3)31(27(33)34)25(18-20-9-5-4-6-10-20)26(32)19-23(29)17-21-12-14-22(15-13-21)24-11-7-8-16-30-24/h4-16,23,25-26,32H,17-19,29H2,1-3H3,(H,33,34)/t23-,25-,26-/m0/s1. The number of amides is 1. The Labute approximate surface area is 202 Å². The molecule has 0 saturated heterocycles. The largest absolute Gasteiger partial charge is 0.465 e. The molecular formula is C28H35N3O3. The molecule has 0 fully saturated rings. The predicted octanol–water partition coefficient (Wildman–Crippen LogP) is 4.76. The first-order chi connectivity index (χ1) is 16.1. The lowest BCUT2D eigenvalue weighted by Gasteiger charge is -2.42. The van der Waals surface area contributed by atoms with E-state index in [0.717, 1.165) is 22.4 Å². The maximum Gasteiger partial charge on any atom is 0.408 e. The molecule has 1 heterocycles. The highest BCUT2D eigenvalue weighted by Crippen LogP contribution is 2.25. The molecule has 34 heavy (non-hydrogen) atoms. The van der Waals surface area contributed by atoms with Crippen molar-refractivity contribution in [3.63, 3.8) is 0 Å². The van der Waals surface area contributed by atoms with E-state index < -0.39 is 23.8 Å². The minimum absolute atomic E-state index is 0.291. The number of rotatable bonds is 9. The van der Waals surface area contributed by atoms with Crippen LogP contribution >= 0.6 is 0 Å². The SMILES string of the molecule is CC(C)(C)N(C(=O)O)[C@@H](Cc1ccccc1)[C@@H](O)C[C@@H](N)Cc1ccc(-c2ccccn2)cc1. The molecule has 0 unspecified atom stereocenters. The van der Waals surface area contributed by atoms with Gasteiger partial charge in [0.05, 0.1) is 17.8 Å². The van der Waals surface area contributed by atoms with Crippen LogP contribution in [-0.2, 0) is 12.8 Å². The maximum absolute atomic E-state index is 12.2. The van der Waals surface area contributed by atoms with E-state index in [0.29, 0.717) is 19.3 Å². The van der Waals surface area contributed by atoms with E-state index in [1.54, 1.807) is 6.20 Å². The summed E-state index contributed by atoms with van der Waals surface area (Å²) in [6.07, 6.45) is 1.10. The van der Waals surface area contributed by atoms with Crippen LogP contribution in [-0.4, -0.2) is 49.9 Å². The van der Waals surface area contributed by atoms with Gasteiger partial charge in [-0.1, -0.05) is 60.7 Å². The number of nitrogens with zero attached hydrogens (tertiary/aromatic N) is 2. The number of nitrogens with two attached hydrogens (primary N) is 1. The first-order valence-electron chi connectivity index (χ1n) is 11.7. The van der Waals surface area contributed by atoms with Crippen molar-refractivity contribution in [1.29, 1.82) is 0 Å². The van der Waals surface area contributed by atoms with Gasteiger partial charge in [-0.15, -0.1) is 0 Å². The predicted molar refractivity (Wildman–Crippen MR) is 136 cm³/mol. The number of pyridine rings is 1. The Kier molecular flexibility index (Phi) is 8.42. The zero-order valence-corrected chi connectivity index (χ0v) is 20.1. The second-order valence-corrected chi connectivity index (χ2v) is 9.76. The van der Waals surface area contributed by atoms with E-state index in [1.165, 1.54) is 4.90 Å². The van der Waals surface area contributed by atoms with Crippen LogP contribution < -0.4 is 5.73 Å². The molecule has 0 aliphatic rings. The van der Waals surface area contributed by atoms with Crippen molar-refractivity contribution >= 4 is 6.09 Å². The average molecular weight is 462 g/mol. The second-order valence-electron chi connectivity index (χ2n) is 9.76. The summed E-state index contributed by atoms with van der Waals surface area (Å²) in [5.74, 6) is 0. The van der Waals surface area contributed by atoms with Crippen molar-refractivity contribution in [1.82, 2.24) is 9.88 Å². The smallest absolute Gasteiger partial charge is 0.408 e. The van der Waals surface area contributed by atoms with Crippen LogP contribution in [0.15, 0.2) is 79.0 Å². The third-order valence-corrected chi connectivity index (χ3v) is 5.95. The zero-order valence-electron chi connectivity index (χ0n) is 20.1. The van der Waals surface area contributed by atoms with E-state index in [1.807, 2.05) is 93.6 Å². The molecule has 1 amide bonds. The molecular weight excluding hydrogens is 426 g/mol. The quantitative estimate of drug-likeness (QED) is 0.427. The maximum atomic E-state index is 12.2. The van der Waals surface area contributed by atoms with Crippen LogP contribution in [0.3, 0.4) is 0 Å². The van der Waals surface area contributed by atoms with Gasteiger partial charge >= 0.3 is 6.09 Å². The summed E-state index contributed by atoms with van der Waals surface area (Å²) in [6.45, 7) is 5.53. The van der Waals surface area contributed by atoms with E-state index in [2.05, 4.69) is 4.98 Å². The van der Waals surface area contributed by atoms with Crippen LogP contribution in [0.4, 0.5) is 4.79 Å². The van der Waals surface area contributed by atoms with Gasteiger partial charge in [-0.05, 0) is 63.3 Å². The Morgan fingerprint density at radius 2 is 1.56 bits per heavy atom. The molecule has 6 nitrogen and oxygen atoms in total. The molecule has 0 saturated carbocycles. The van der Waals surface area contributed by atoms with Gasteiger partial charge in [0, 0.05) is 23.3 Å². The lowest BCUT2D eigenvalue weighted by atomic mass is 9.90. The van der Waals surface area contributed by atoms with Crippen LogP contribution in [0.5, 0.6) is 0 Å². The van der Waals surface area contributed by atoms with Crippen molar-refractivity contribution in [3.8, 4) is 11.3 Å². The Bertz CT molecular complexity index is 1030. The number of aliphatic hydroxyl groups is 1. The summed E-state index contributed by atoms with van der Waals surface area (Å²) in [6, 6.07) is 22.6. The number of hydrogen-bond acceptors (Lipinski definition) is 4. The molecule has 3 atom stereocenters. The summed E-state index contributed by atoms with van der Waals surface area (Å²) < 4.78 is 0. The Balaban J connectivity index is 1.72. The van der Waals surface area contributed by atoms with Crippen molar-refractivity contribution in [2.24, 2.45) is 5.73 Å². The number of hydrogen-bond donors (Lipinski definition) is 3. The van der Waals surface area contributed by atoms with Crippen LogP contribution in [0.2, 0.25) is 0 Å². The van der Waals surface area contributed by atoms with Crippen molar-refractivity contribution in [3.05, 3.63) is 90.1 Å². The lowest BCUT2D eigenvalue weighted by Crippen LogP contribution is -2.57. The molecule has 3 aromatic rings. The summed E-state index contributed by atoms with van der Waals surface area (Å²) in [5, 5.41) is 21.2. The second kappa shape index (κ2) is 11.3. The molecule has 0 aliphatic carbocycles. The monoisotopic (exact) mass is 461 g/mol. The Hall–Kier alpha value is -3.22. The first kappa shape index (κ1) is 25.4. The van der Waals surface area contributed by atoms with E-state index in [4.69, 9.17) is 5.73 Å². The fraction of sp³-hybridized carbons (Fsp3) is 0.357. The van der Waals surface area contributed by atoms with Gasteiger partial charge in [0.15, 0.2) is 0 Å². The third kappa shape index (κ3) is 6.89. The summed E-state index contributed by atoms with van der Waals surface area (Å²) in [4.78, 5) is 17.9. The molecule has 6 heteroatoms. The third-order valence-electron chi connectivity index (χ3n) is 5.95. The van der Waals surface area contributed by atoms with Gasteiger partial charge in [0.25, 0.3) is 0 Å². The molecule has 3 rings (SSSR count). The lowest BCUT2D eigenvalue weighted by molar-refractivity contribution is 0.00174. The van der Waals surface area contributed by atoms with E-state index in [-0.39, 0.29) is 6.04 Å². The van der Waals surface area contributed by atoms with Gasteiger partial charge in [0.2, 0.25) is 0 Å². The Morgan fingerprint density at radius 1 is 0.941 bits per heavy atom. The highest BCUT2D eigenvalue weighted by molar-refractivity contribution is 5.66. The fourth-order valence-corrected chi connectivity index (χ4v) is 4.38. The van der Waals surface area contributed by atoms with Gasteiger partial charge in [-0.3, -0.25) is 9.88 Å². The normalized spacial score (nSPS) is 14.3. The van der Waals surface area contributed by atoms with Crippen LogP contribution in [0.1, 0.15) is 38.3 Å². The number of carbonyl (C=O) groups is 1. The minimum Gasteiger partial charge on any atom is -0.465 e. The fourth-order valence-electron chi connectivity index (χ4n) is 4.38. The molecule has 0 aliphatic heterocycles. The number of benzene rings is 2. The molecule has 0 spiro atoms. The molecule has 2 aromatic carbocycles. The number of aromatic nitrogens is 1. The van der Waals surface area contributed by atoms with Gasteiger partial charge in [-0.25, -0.2) is 4.79 Å². The highest BCUT2D eigenvalue weighted by atomic mass is 16.4. The van der Waals surface area contributed by atoms with Crippen LogP contribution in [0.25, 0.3) is 11.3 Å². The van der Waals surface area contributed by atoms with Crippen molar-refractivity contribution < 1.29 is 15.0 Å². The zero-order chi connectivity index (χ0) is 24.7. The van der Waals surface area contributed by atoms with Crippen molar-refractivity contribution in [2.45, 2.75) is 63.8 Å². The summed E-state index contributed by atoms with van der Waals surface area (Å²) in [5.41, 5.74) is 9.74. The topological polar surface area (TPSA) is 99.7 Å². The summed E-state index contributed by atoms with van der Waals surface area (Å²) in [7, 11) is 0. The molecule has 1 aromatic heterocycles. The highest BCUT2D eigenvalue weighted by Gasteiger charge is 2.37. The van der Waals surface area contributed by atoms with E-state index in [9.17, 15) is 15.0 Å². The van der Waals surface area contributed by atoms with Crippen LogP contribution in [0, 0.1) is 0 Å². The number of carboxylic acid groups (broad SMARTS) is 1. The molecule has 0 bridgehead atoms. The van der Waals surface area contributed by atoms with E-state index >= 15 is 0 Å². The summed E-state index contributed by atoms with van der Waals surface area (Å²) >= 11 is 0. The van der Waals surface area contributed by atoms with Gasteiger partial charge in [-0.2, -0.15) is 0 Å².